The van der Waals surface area contributed by atoms with Gasteiger partial charge in [-0.3, -0.25) is 4.79 Å². The number of thiazole rings is 1. The van der Waals surface area contributed by atoms with Crippen LogP contribution >= 0.6 is 11.3 Å². The summed E-state index contributed by atoms with van der Waals surface area (Å²) in [6.45, 7) is 0.358. The van der Waals surface area contributed by atoms with E-state index in [1.165, 1.54) is 38.7 Å². The van der Waals surface area contributed by atoms with E-state index in [1.807, 2.05) is 5.38 Å². The van der Waals surface area contributed by atoms with Crippen LogP contribution in [0.15, 0.2) is 41.8 Å². The SMILES string of the molecule is COc1ccc(C(=O)NCCc2csc3nc(-c4ccccc4F)nn23)c(OC)c1OC. The maximum absolute atomic E-state index is 14.1. The third-order valence-corrected chi connectivity index (χ3v) is 5.75. The highest BCUT2D eigenvalue weighted by Gasteiger charge is 2.21. The van der Waals surface area contributed by atoms with Gasteiger partial charge in [0, 0.05) is 18.3 Å². The summed E-state index contributed by atoms with van der Waals surface area (Å²) < 4.78 is 31.7. The predicted molar refractivity (Wildman–Crippen MR) is 118 cm³/mol. The van der Waals surface area contributed by atoms with Gasteiger partial charge in [-0.2, -0.15) is 4.98 Å². The molecule has 1 N–H and O–H groups in total. The first-order valence-electron chi connectivity index (χ1n) is 9.72. The summed E-state index contributed by atoms with van der Waals surface area (Å²) in [5, 5.41) is 9.24. The van der Waals surface area contributed by atoms with E-state index in [4.69, 9.17) is 14.2 Å². The molecule has 0 bridgehead atoms. The molecule has 0 saturated carbocycles. The summed E-state index contributed by atoms with van der Waals surface area (Å²) in [4.78, 5) is 17.8. The number of carbonyl (C=O) groups excluding carboxylic acids is 1. The lowest BCUT2D eigenvalue weighted by Crippen LogP contribution is -2.26. The van der Waals surface area contributed by atoms with Crippen LogP contribution in [0.1, 0.15) is 16.1 Å². The van der Waals surface area contributed by atoms with Gasteiger partial charge < -0.3 is 19.5 Å². The molecule has 2 aromatic carbocycles. The van der Waals surface area contributed by atoms with Crippen molar-refractivity contribution >= 4 is 22.2 Å². The molecule has 2 heterocycles. The molecule has 0 aliphatic heterocycles. The second-order valence-corrected chi connectivity index (χ2v) is 7.56. The van der Waals surface area contributed by atoms with E-state index < -0.39 is 0 Å². The molecule has 166 valence electrons. The van der Waals surface area contributed by atoms with E-state index in [9.17, 15) is 9.18 Å². The fraction of sp³-hybridized carbons (Fsp3) is 0.227. The van der Waals surface area contributed by atoms with E-state index in [0.29, 0.717) is 52.1 Å². The Morgan fingerprint density at radius 3 is 2.59 bits per heavy atom. The van der Waals surface area contributed by atoms with Gasteiger partial charge in [0.15, 0.2) is 17.3 Å². The fourth-order valence-corrected chi connectivity index (χ4v) is 4.19. The first-order chi connectivity index (χ1) is 15.6. The van der Waals surface area contributed by atoms with Crippen molar-refractivity contribution in [3.63, 3.8) is 0 Å². The van der Waals surface area contributed by atoms with Crippen molar-refractivity contribution in [2.24, 2.45) is 0 Å². The normalized spacial score (nSPS) is 10.9. The van der Waals surface area contributed by atoms with Crippen LogP contribution in [-0.2, 0) is 6.42 Å². The average molecular weight is 456 g/mol. The Kier molecular flexibility index (Phi) is 6.22. The number of methoxy groups -OCH3 is 3. The van der Waals surface area contributed by atoms with Crippen molar-refractivity contribution in [1.29, 1.82) is 0 Å². The molecule has 0 fully saturated rings. The summed E-state index contributed by atoms with van der Waals surface area (Å²) in [5.41, 5.74) is 1.55. The lowest BCUT2D eigenvalue weighted by molar-refractivity contribution is 0.0950. The van der Waals surface area contributed by atoms with Gasteiger partial charge in [0.05, 0.1) is 38.2 Å². The number of nitrogens with one attached hydrogen (secondary N) is 1. The Morgan fingerprint density at radius 1 is 1.09 bits per heavy atom. The van der Waals surface area contributed by atoms with Crippen LogP contribution in [0.2, 0.25) is 0 Å². The molecule has 0 radical (unpaired) electrons. The zero-order valence-electron chi connectivity index (χ0n) is 17.7. The quantitative estimate of drug-likeness (QED) is 0.436. The van der Waals surface area contributed by atoms with E-state index in [2.05, 4.69) is 15.4 Å². The molecule has 0 spiro atoms. The van der Waals surface area contributed by atoms with Gasteiger partial charge in [-0.25, -0.2) is 8.91 Å². The molecule has 2 aromatic heterocycles. The second-order valence-electron chi connectivity index (χ2n) is 6.72. The lowest BCUT2D eigenvalue weighted by atomic mass is 10.1. The Hall–Kier alpha value is -3.66. The van der Waals surface area contributed by atoms with Crippen LogP contribution < -0.4 is 19.5 Å². The van der Waals surface area contributed by atoms with Gasteiger partial charge >= 0.3 is 0 Å². The number of fused-ring (bicyclic) bond motifs is 1. The predicted octanol–water partition coefficient (Wildman–Crippen LogP) is 3.60. The highest BCUT2D eigenvalue weighted by Crippen LogP contribution is 2.39. The summed E-state index contributed by atoms with van der Waals surface area (Å²) >= 11 is 1.41. The number of hydrogen-bond acceptors (Lipinski definition) is 7. The van der Waals surface area contributed by atoms with Crippen LogP contribution in [0, 0.1) is 5.82 Å². The molecule has 0 aliphatic rings. The lowest BCUT2D eigenvalue weighted by Gasteiger charge is -2.15. The second kappa shape index (κ2) is 9.23. The van der Waals surface area contributed by atoms with Crippen molar-refractivity contribution in [3.8, 4) is 28.6 Å². The molecule has 0 unspecified atom stereocenters. The summed E-state index contributed by atoms with van der Waals surface area (Å²) in [6, 6.07) is 9.66. The highest BCUT2D eigenvalue weighted by molar-refractivity contribution is 7.15. The molecule has 1 amide bonds. The number of rotatable bonds is 8. The van der Waals surface area contributed by atoms with E-state index in [0.717, 1.165) is 5.69 Å². The third kappa shape index (κ3) is 3.96. The molecule has 10 heteroatoms. The number of hydrogen-bond donors (Lipinski definition) is 1. The first kappa shape index (κ1) is 21.6. The Bertz CT molecular complexity index is 1270. The summed E-state index contributed by atoms with van der Waals surface area (Å²) in [5.74, 6) is 0.774. The van der Waals surface area contributed by atoms with Crippen LogP contribution in [0.25, 0.3) is 16.3 Å². The van der Waals surface area contributed by atoms with Crippen molar-refractivity contribution in [1.82, 2.24) is 19.9 Å². The van der Waals surface area contributed by atoms with Gasteiger partial charge in [-0.05, 0) is 24.3 Å². The first-order valence-corrected chi connectivity index (χ1v) is 10.6. The minimum Gasteiger partial charge on any atom is -0.493 e. The number of carbonyl (C=O) groups is 1. The van der Waals surface area contributed by atoms with E-state index in [-0.39, 0.29) is 11.7 Å². The Labute approximate surface area is 187 Å². The molecule has 0 aliphatic carbocycles. The van der Waals surface area contributed by atoms with Gasteiger partial charge in [0.1, 0.15) is 5.82 Å². The number of aromatic nitrogens is 3. The molecule has 0 saturated heterocycles. The monoisotopic (exact) mass is 456 g/mol. The van der Waals surface area contributed by atoms with Crippen LogP contribution in [0.5, 0.6) is 17.2 Å². The molecule has 4 rings (SSSR count). The zero-order chi connectivity index (χ0) is 22.7. The Morgan fingerprint density at radius 2 is 1.88 bits per heavy atom. The maximum Gasteiger partial charge on any atom is 0.255 e. The standard InChI is InChI=1S/C22H21FN4O4S/c1-29-17-9-8-15(18(30-2)19(17)31-3)21(28)24-11-10-13-12-32-22-25-20(26-27(13)22)14-6-4-5-7-16(14)23/h4-9,12H,10-11H2,1-3H3,(H,24,28). The highest BCUT2D eigenvalue weighted by atomic mass is 32.1. The van der Waals surface area contributed by atoms with Gasteiger partial charge in [-0.1, -0.05) is 12.1 Å². The largest absolute Gasteiger partial charge is 0.493 e. The third-order valence-electron chi connectivity index (χ3n) is 4.88. The summed E-state index contributed by atoms with van der Waals surface area (Å²) in [6.07, 6.45) is 0.515. The number of ether oxygens (including phenoxy) is 3. The summed E-state index contributed by atoms with van der Waals surface area (Å²) in [7, 11) is 4.46. The molecule has 32 heavy (non-hydrogen) atoms. The minimum atomic E-state index is -0.372. The van der Waals surface area contributed by atoms with Crippen LogP contribution in [0.4, 0.5) is 4.39 Å². The van der Waals surface area contributed by atoms with Gasteiger partial charge in [0.25, 0.3) is 5.91 Å². The minimum absolute atomic E-state index is 0.299. The molecule has 8 nitrogen and oxygen atoms in total. The number of nitrogens with zero attached hydrogens (tertiary/aromatic N) is 3. The maximum atomic E-state index is 14.1. The Balaban J connectivity index is 1.48. The van der Waals surface area contributed by atoms with Crippen molar-refractivity contribution < 1.29 is 23.4 Å². The van der Waals surface area contributed by atoms with Crippen LogP contribution in [-0.4, -0.2) is 48.4 Å². The van der Waals surface area contributed by atoms with Crippen molar-refractivity contribution in [2.75, 3.05) is 27.9 Å². The molecular formula is C22H21FN4O4S. The van der Waals surface area contributed by atoms with Crippen molar-refractivity contribution in [3.05, 3.63) is 58.9 Å². The zero-order valence-corrected chi connectivity index (χ0v) is 18.5. The van der Waals surface area contributed by atoms with Crippen molar-refractivity contribution in [2.45, 2.75) is 6.42 Å². The number of amides is 1. The fourth-order valence-electron chi connectivity index (χ4n) is 3.33. The molecule has 4 aromatic rings. The number of benzene rings is 2. The van der Waals surface area contributed by atoms with Gasteiger partial charge in [-0.15, -0.1) is 16.4 Å². The average Bonchev–Trinajstić information content (AvgIpc) is 3.39. The topological polar surface area (TPSA) is 87.0 Å². The molecular weight excluding hydrogens is 435 g/mol. The van der Waals surface area contributed by atoms with Gasteiger partial charge in [0.2, 0.25) is 10.7 Å². The van der Waals surface area contributed by atoms with Crippen LogP contribution in [0.3, 0.4) is 0 Å². The number of halogens is 1. The van der Waals surface area contributed by atoms with E-state index in [1.54, 1.807) is 34.8 Å². The molecule has 0 atom stereocenters. The van der Waals surface area contributed by atoms with E-state index >= 15 is 0 Å². The smallest absolute Gasteiger partial charge is 0.255 e.